The number of imide groups is 2. The van der Waals surface area contributed by atoms with Crippen LogP contribution in [0.1, 0.15) is 29.2 Å². The summed E-state index contributed by atoms with van der Waals surface area (Å²) in [6, 6.07) is 19.2. The molecule has 1 aromatic heterocycles. The van der Waals surface area contributed by atoms with Crippen molar-refractivity contribution in [3.63, 3.8) is 0 Å². The molecule has 1 unspecified atom stereocenters. The number of piperidine rings is 1. The zero-order chi connectivity index (χ0) is 29.4. The van der Waals surface area contributed by atoms with Gasteiger partial charge >= 0.3 is 6.03 Å². The number of ether oxygens (including phenoxy) is 2. The third-order valence-electron chi connectivity index (χ3n) is 8.77. The topological polar surface area (TPSA) is 110 Å². The first-order chi connectivity index (χ1) is 20.3. The van der Waals surface area contributed by atoms with Crippen molar-refractivity contribution in [1.82, 2.24) is 19.7 Å². The zero-order valence-electron chi connectivity index (χ0n) is 23.7. The van der Waals surface area contributed by atoms with Crippen LogP contribution in [0.3, 0.4) is 0 Å². The predicted octanol–water partition coefficient (Wildman–Crippen LogP) is 2.79. The van der Waals surface area contributed by atoms with Crippen LogP contribution >= 0.6 is 0 Å². The van der Waals surface area contributed by atoms with Crippen LogP contribution in [0, 0.1) is 11.3 Å². The number of nitrogens with one attached hydrogen (secondary N) is 1. The van der Waals surface area contributed by atoms with Gasteiger partial charge in [-0.3, -0.25) is 24.6 Å². The Morgan fingerprint density at radius 2 is 1.71 bits per heavy atom. The molecule has 2 aromatic carbocycles. The summed E-state index contributed by atoms with van der Waals surface area (Å²) in [7, 11) is 3.09. The number of likely N-dealkylation sites (tertiary alicyclic amines) is 1. The first-order valence-electron chi connectivity index (χ1n) is 14.2. The molecule has 1 N–H and O–H groups in total. The Labute approximate surface area is 243 Å². The van der Waals surface area contributed by atoms with E-state index in [1.54, 1.807) is 37.4 Å². The van der Waals surface area contributed by atoms with E-state index < -0.39 is 23.3 Å². The van der Waals surface area contributed by atoms with E-state index >= 15 is 0 Å². The fourth-order valence-electron chi connectivity index (χ4n) is 6.82. The molecule has 3 aliphatic rings. The maximum atomic E-state index is 14.5. The molecule has 0 radical (unpaired) electrons. The van der Waals surface area contributed by atoms with Gasteiger partial charge in [-0.15, -0.1) is 0 Å². The van der Waals surface area contributed by atoms with Crippen LogP contribution in [-0.2, 0) is 29.1 Å². The second kappa shape index (κ2) is 11.1. The van der Waals surface area contributed by atoms with Crippen LogP contribution in [0.25, 0.3) is 0 Å². The molecule has 2 saturated heterocycles. The van der Waals surface area contributed by atoms with E-state index in [2.05, 4.69) is 10.2 Å². The molecular formula is C32H34N4O6. The first kappa shape index (κ1) is 27.7. The summed E-state index contributed by atoms with van der Waals surface area (Å²) in [4.78, 5) is 57.3. The highest BCUT2D eigenvalue weighted by atomic mass is 16.5. The molecule has 10 nitrogen and oxygen atoms in total. The van der Waals surface area contributed by atoms with Crippen LogP contribution in [0.4, 0.5) is 4.79 Å². The van der Waals surface area contributed by atoms with Crippen molar-refractivity contribution >= 4 is 17.8 Å². The molecule has 2 fully saturated rings. The van der Waals surface area contributed by atoms with Crippen LogP contribution in [0.5, 0.6) is 11.5 Å². The SMILES string of the molecule is COc1ccc(CC2(CN3C[C@H]4C[C@@H](C3)c3cccc(=O)n3C4)C(=O)NC(=O)N(Cc3ccccc3)C2=O)c(OC)c1. The van der Waals surface area contributed by atoms with E-state index in [4.69, 9.17) is 9.47 Å². The number of pyridine rings is 1. The number of hydrogen-bond acceptors (Lipinski definition) is 7. The van der Waals surface area contributed by atoms with E-state index in [0.29, 0.717) is 36.7 Å². The van der Waals surface area contributed by atoms with Crippen molar-refractivity contribution in [2.24, 2.45) is 11.3 Å². The summed E-state index contributed by atoms with van der Waals surface area (Å²) in [6.07, 6.45) is 0.975. The monoisotopic (exact) mass is 570 g/mol. The maximum Gasteiger partial charge on any atom is 0.331 e. The minimum Gasteiger partial charge on any atom is -0.497 e. The highest BCUT2D eigenvalue weighted by Crippen LogP contribution is 2.40. The van der Waals surface area contributed by atoms with Crippen molar-refractivity contribution < 1.29 is 23.9 Å². The summed E-state index contributed by atoms with van der Waals surface area (Å²) >= 11 is 0. The first-order valence-corrected chi connectivity index (χ1v) is 14.2. The Kier molecular flexibility index (Phi) is 7.32. The number of carbonyl (C=O) groups excluding carboxylic acids is 3. The van der Waals surface area contributed by atoms with Gasteiger partial charge in [-0.05, 0) is 35.6 Å². The Morgan fingerprint density at radius 1 is 0.905 bits per heavy atom. The molecule has 10 heteroatoms. The summed E-state index contributed by atoms with van der Waals surface area (Å²) in [5.74, 6) is 0.222. The summed E-state index contributed by atoms with van der Waals surface area (Å²) in [5, 5.41) is 2.50. The number of carbonyl (C=O) groups is 3. The molecule has 2 bridgehead atoms. The minimum atomic E-state index is -1.59. The average Bonchev–Trinajstić information content (AvgIpc) is 2.99. The minimum absolute atomic E-state index is 0.00405. The van der Waals surface area contributed by atoms with Gasteiger partial charge < -0.3 is 18.9 Å². The molecule has 3 aliphatic heterocycles. The summed E-state index contributed by atoms with van der Waals surface area (Å²) in [6.45, 7) is 1.98. The lowest BCUT2D eigenvalue weighted by molar-refractivity contribution is -0.154. The highest BCUT2D eigenvalue weighted by molar-refractivity contribution is 6.19. The van der Waals surface area contributed by atoms with Gasteiger partial charge in [0, 0.05) is 56.3 Å². The molecule has 42 heavy (non-hydrogen) atoms. The van der Waals surface area contributed by atoms with E-state index in [1.807, 2.05) is 41.0 Å². The summed E-state index contributed by atoms with van der Waals surface area (Å²) in [5.41, 5.74) is 0.822. The number of rotatable bonds is 8. The van der Waals surface area contributed by atoms with Crippen LogP contribution in [0.2, 0.25) is 0 Å². The third kappa shape index (κ3) is 4.96. The van der Waals surface area contributed by atoms with E-state index in [0.717, 1.165) is 22.6 Å². The molecule has 3 aromatic rings. The maximum absolute atomic E-state index is 14.5. The van der Waals surface area contributed by atoms with Crippen molar-refractivity contribution in [3.05, 3.63) is 93.9 Å². The van der Waals surface area contributed by atoms with Crippen molar-refractivity contribution in [1.29, 1.82) is 0 Å². The zero-order valence-corrected chi connectivity index (χ0v) is 23.7. The van der Waals surface area contributed by atoms with Crippen LogP contribution in [0.15, 0.2) is 71.5 Å². The Bertz CT molecular complexity index is 1590. The average molecular weight is 571 g/mol. The fraction of sp³-hybridized carbons (Fsp3) is 0.375. The van der Waals surface area contributed by atoms with Gasteiger partial charge in [-0.1, -0.05) is 42.5 Å². The lowest BCUT2D eigenvalue weighted by Gasteiger charge is -2.47. The highest BCUT2D eigenvalue weighted by Gasteiger charge is 2.55. The summed E-state index contributed by atoms with van der Waals surface area (Å²) < 4.78 is 12.8. The van der Waals surface area contributed by atoms with E-state index in [-0.39, 0.29) is 36.9 Å². The van der Waals surface area contributed by atoms with Gasteiger partial charge in [0.25, 0.3) is 5.56 Å². The number of aromatic nitrogens is 1. The molecular weight excluding hydrogens is 536 g/mol. The van der Waals surface area contributed by atoms with Gasteiger partial charge in [0.2, 0.25) is 11.8 Å². The molecule has 0 aliphatic carbocycles. The molecule has 218 valence electrons. The van der Waals surface area contributed by atoms with Crippen molar-refractivity contribution in [2.75, 3.05) is 33.9 Å². The van der Waals surface area contributed by atoms with Crippen molar-refractivity contribution in [2.45, 2.75) is 31.8 Å². The lowest BCUT2D eigenvalue weighted by Crippen LogP contribution is -2.67. The van der Waals surface area contributed by atoms with E-state index in [1.165, 1.54) is 7.11 Å². The van der Waals surface area contributed by atoms with Gasteiger partial charge in [-0.2, -0.15) is 0 Å². The molecule has 0 spiro atoms. The molecule has 3 atom stereocenters. The number of amides is 4. The number of fused-ring (bicyclic) bond motifs is 4. The largest absolute Gasteiger partial charge is 0.497 e. The number of barbiturate groups is 1. The Morgan fingerprint density at radius 3 is 2.48 bits per heavy atom. The smallest absolute Gasteiger partial charge is 0.331 e. The Hall–Kier alpha value is -4.44. The standard InChI is InChI=1S/C32H34N4O6/c1-41-25-12-11-23(27(14-25)42-2)15-32(29(38)33-31(40)36(30(32)39)17-21-7-4-3-5-8-21)20-34-16-22-13-24(19-34)26-9-6-10-28(37)35(26)18-22/h3-12,14,22,24H,13,15-20H2,1-2H3,(H,33,38,40)/t22-,24+,32?/m1/s1. The number of benzene rings is 2. The third-order valence-corrected chi connectivity index (χ3v) is 8.77. The molecule has 6 rings (SSSR count). The van der Waals surface area contributed by atoms with Gasteiger partial charge in [0.15, 0.2) is 0 Å². The second-order valence-corrected chi connectivity index (χ2v) is 11.5. The molecule has 4 amide bonds. The van der Waals surface area contributed by atoms with Gasteiger partial charge in [0.1, 0.15) is 16.9 Å². The predicted molar refractivity (Wildman–Crippen MR) is 154 cm³/mol. The number of nitrogens with zero attached hydrogens (tertiary/aromatic N) is 3. The number of hydrogen-bond donors (Lipinski definition) is 1. The van der Waals surface area contributed by atoms with E-state index in [9.17, 15) is 19.2 Å². The molecule has 0 saturated carbocycles. The van der Waals surface area contributed by atoms with Crippen LogP contribution < -0.4 is 20.3 Å². The van der Waals surface area contributed by atoms with Crippen molar-refractivity contribution in [3.8, 4) is 11.5 Å². The normalized spacial score (nSPS) is 23.8. The van der Waals surface area contributed by atoms with Gasteiger partial charge in [0.05, 0.1) is 20.8 Å². The molecule has 4 heterocycles. The number of methoxy groups -OCH3 is 2. The van der Waals surface area contributed by atoms with Crippen LogP contribution in [-0.4, -0.2) is 66.1 Å². The van der Waals surface area contributed by atoms with Gasteiger partial charge in [-0.25, -0.2) is 4.79 Å². The second-order valence-electron chi connectivity index (χ2n) is 11.5. The lowest BCUT2D eigenvalue weighted by atomic mass is 9.75. The Balaban J connectivity index is 1.38. The quantitative estimate of drug-likeness (QED) is 0.415. The number of urea groups is 1. The fourth-order valence-corrected chi connectivity index (χ4v) is 6.82.